The van der Waals surface area contributed by atoms with E-state index >= 15 is 0 Å². The van der Waals surface area contributed by atoms with E-state index < -0.39 is 15.9 Å². The number of amides is 1. The summed E-state index contributed by atoms with van der Waals surface area (Å²) < 4.78 is 32.3. The highest BCUT2D eigenvalue weighted by Crippen LogP contribution is 2.23. The first kappa shape index (κ1) is 23.1. The van der Waals surface area contributed by atoms with Crippen LogP contribution in [-0.2, 0) is 21.4 Å². The van der Waals surface area contributed by atoms with Crippen LogP contribution in [0.4, 0.5) is 5.69 Å². The van der Waals surface area contributed by atoms with E-state index in [0.717, 1.165) is 5.56 Å². The fourth-order valence-corrected chi connectivity index (χ4v) is 4.47. The number of carbonyl (C=O) groups is 1. The molecule has 6 nitrogen and oxygen atoms in total. The van der Waals surface area contributed by atoms with Gasteiger partial charge < -0.3 is 10.1 Å². The summed E-state index contributed by atoms with van der Waals surface area (Å²) in [5, 5.41) is 3.43. The average molecular weight is 479 g/mol. The molecule has 0 aliphatic rings. The lowest BCUT2D eigenvalue weighted by atomic mass is 10.2. The van der Waals surface area contributed by atoms with Gasteiger partial charge in [0, 0.05) is 29.3 Å². The Morgan fingerprint density at radius 1 is 0.968 bits per heavy atom. The molecule has 0 aromatic heterocycles. The number of hydrogen-bond donors (Lipinski definition) is 1. The summed E-state index contributed by atoms with van der Waals surface area (Å²) in [6.07, 6.45) is 0. The Hall–Kier alpha value is -2.58. The molecule has 0 aliphatic heterocycles. The lowest BCUT2D eigenvalue weighted by Crippen LogP contribution is -2.26. The molecule has 9 heteroatoms. The van der Waals surface area contributed by atoms with Gasteiger partial charge in [-0.15, -0.1) is 0 Å². The van der Waals surface area contributed by atoms with E-state index in [9.17, 15) is 13.2 Å². The van der Waals surface area contributed by atoms with Crippen LogP contribution in [0.5, 0.6) is 5.75 Å². The number of sulfonamides is 1. The summed E-state index contributed by atoms with van der Waals surface area (Å²) in [7, 11) is -2.13. The maximum absolute atomic E-state index is 12.8. The van der Waals surface area contributed by atoms with Gasteiger partial charge in [0.2, 0.25) is 10.0 Å². The van der Waals surface area contributed by atoms with Gasteiger partial charge in [-0.2, -0.15) is 4.31 Å². The second-order valence-electron chi connectivity index (χ2n) is 6.71. The molecule has 31 heavy (non-hydrogen) atoms. The zero-order valence-corrected chi connectivity index (χ0v) is 18.9. The van der Waals surface area contributed by atoms with Gasteiger partial charge in [-0.25, -0.2) is 8.42 Å². The molecular formula is C22H20Cl2N2O4S. The van der Waals surface area contributed by atoms with Crippen LogP contribution in [0.3, 0.4) is 0 Å². The molecule has 1 N–H and O–H groups in total. The van der Waals surface area contributed by atoms with Gasteiger partial charge in [0.1, 0.15) is 5.75 Å². The van der Waals surface area contributed by atoms with Gasteiger partial charge in [0.05, 0.1) is 4.90 Å². The maximum Gasteiger partial charge on any atom is 0.262 e. The maximum atomic E-state index is 12.8. The highest BCUT2D eigenvalue weighted by molar-refractivity contribution is 7.89. The molecule has 0 bridgehead atoms. The third-order valence-corrected chi connectivity index (χ3v) is 6.55. The van der Waals surface area contributed by atoms with Crippen LogP contribution in [0.1, 0.15) is 5.56 Å². The first-order valence-corrected chi connectivity index (χ1v) is 11.4. The Bertz CT molecular complexity index is 1130. The number of nitrogens with zero attached hydrogens (tertiary/aromatic N) is 1. The molecule has 162 valence electrons. The molecule has 0 unspecified atom stereocenters. The van der Waals surface area contributed by atoms with Gasteiger partial charge in [0.15, 0.2) is 6.61 Å². The third-order valence-electron chi connectivity index (χ3n) is 4.30. The van der Waals surface area contributed by atoms with Gasteiger partial charge in [0.25, 0.3) is 5.91 Å². The lowest BCUT2D eigenvalue weighted by Gasteiger charge is -2.17. The fraction of sp³-hybridized carbons (Fsp3) is 0.136. The van der Waals surface area contributed by atoms with E-state index in [-0.39, 0.29) is 18.0 Å². The zero-order valence-electron chi connectivity index (χ0n) is 16.6. The van der Waals surface area contributed by atoms with Gasteiger partial charge in [-0.05, 0) is 48.0 Å². The van der Waals surface area contributed by atoms with Gasteiger partial charge >= 0.3 is 0 Å². The number of carbonyl (C=O) groups excluding carboxylic acids is 1. The van der Waals surface area contributed by atoms with Crippen LogP contribution in [0.2, 0.25) is 10.0 Å². The Morgan fingerprint density at radius 3 is 2.19 bits per heavy atom. The second-order valence-corrected chi connectivity index (χ2v) is 9.63. The average Bonchev–Trinajstić information content (AvgIpc) is 2.72. The lowest BCUT2D eigenvalue weighted by molar-refractivity contribution is -0.118. The standard InChI is InChI=1S/C22H20Cl2N2O4S/c1-26(14-16-5-3-2-4-6-16)31(28,29)21-9-7-20(8-10-21)30-15-22(27)25-19-12-17(23)11-18(24)13-19/h2-13H,14-15H2,1H3,(H,25,27). The summed E-state index contributed by atoms with van der Waals surface area (Å²) in [6, 6.07) is 19.9. The van der Waals surface area contributed by atoms with Crippen LogP contribution in [0.25, 0.3) is 0 Å². The van der Waals surface area contributed by atoms with Crippen molar-refractivity contribution < 1.29 is 17.9 Å². The van der Waals surface area contributed by atoms with Gasteiger partial charge in [-0.1, -0.05) is 53.5 Å². The second kappa shape index (κ2) is 10.2. The zero-order chi connectivity index (χ0) is 22.4. The molecule has 0 atom stereocenters. The van der Waals surface area contributed by atoms with Crippen molar-refractivity contribution in [2.45, 2.75) is 11.4 Å². The van der Waals surface area contributed by atoms with E-state index in [0.29, 0.717) is 21.5 Å². The Morgan fingerprint density at radius 2 is 1.58 bits per heavy atom. The number of ether oxygens (including phenoxy) is 1. The van der Waals surface area contributed by atoms with Crippen molar-refractivity contribution >= 4 is 44.8 Å². The van der Waals surface area contributed by atoms with Gasteiger partial charge in [-0.3, -0.25) is 4.79 Å². The van der Waals surface area contributed by atoms with Crippen molar-refractivity contribution in [3.05, 3.63) is 88.4 Å². The monoisotopic (exact) mass is 478 g/mol. The molecule has 0 spiro atoms. The minimum Gasteiger partial charge on any atom is -0.484 e. The van der Waals surface area contributed by atoms with Crippen LogP contribution in [0, 0.1) is 0 Å². The van der Waals surface area contributed by atoms with Crippen molar-refractivity contribution in [2.75, 3.05) is 19.0 Å². The van der Waals surface area contributed by atoms with Crippen LogP contribution in [0.15, 0.2) is 77.7 Å². The van der Waals surface area contributed by atoms with E-state index in [4.69, 9.17) is 27.9 Å². The molecule has 3 rings (SSSR count). The first-order chi connectivity index (χ1) is 14.7. The molecule has 3 aromatic rings. The Kier molecular flexibility index (Phi) is 7.56. The van der Waals surface area contributed by atoms with Crippen molar-refractivity contribution in [3.8, 4) is 5.75 Å². The largest absolute Gasteiger partial charge is 0.484 e. The number of halogens is 2. The highest BCUT2D eigenvalue weighted by atomic mass is 35.5. The summed E-state index contributed by atoms with van der Waals surface area (Å²) in [5.74, 6) is -0.0402. The Labute approximate surface area is 191 Å². The molecule has 0 radical (unpaired) electrons. The summed E-state index contributed by atoms with van der Waals surface area (Å²) >= 11 is 11.8. The normalized spacial score (nSPS) is 11.4. The minimum atomic E-state index is -3.66. The minimum absolute atomic E-state index is 0.135. The third kappa shape index (κ3) is 6.45. The predicted molar refractivity (Wildman–Crippen MR) is 122 cm³/mol. The van der Waals surface area contributed by atoms with E-state index in [2.05, 4.69) is 5.32 Å². The number of rotatable bonds is 8. The molecule has 0 aliphatic carbocycles. The first-order valence-electron chi connectivity index (χ1n) is 9.23. The highest BCUT2D eigenvalue weighted by Gasteiger charge is 2.21. The molecule has 1 amide bonds. The molecular weight excluding hydrogens is 459 g/mol. The summed E-state index contributed by atoms with van der Waals surface area (Å²) in [4.78, 5) is 12.2. The van der Waals surface area contributed by atoms with Crippen molar-refractivity contribution in [2.24, 2.45) is 0 Å². The number of hydrogen-bond acceptors (Lipinski definition) is 4. The van der Waals surface area contributed by atoms with Crippen LogP contribution < -0.4 is 10.1 Å². The molecule has 3 aromatic carbocycles. The number of anilines is 1. The molecule has 0 heterocycles. The topological polar surface area (TPSA) is 75.7 Å². The van der Waals surface area contributed by atoms with Crippen molar-refractivity contribution in [1.29, 1.82) is 0 Å². The molecule has 0 saturated carbocycles. The predicted octanol–water partition coefficient (Wildman–Crippen LogP) is 4.83. The van der Waals surface area contributed by atoms with E-state index in [1.165, 1.54) is 35.6 Å². The van der Waals surface area contributed by atoms with Crippen LogP contribution in [-0.4, -0.2) is 32.3 Å². The molecule has 0 saturated heterocycles. The number of nitrogens with one attached hydrogen (secondary N) is 1. The number of benzene rings is 3. The van der Waals surface area contributed by atoms with Crippen molar-refractivity contribution in [3.63, 3.8) is 0 Å². The summed E-state index contributed by atoms with van der Waals surface area (Å²) in [6.45, 7) is -0.000740. The fourth-order valence-electron chi connectivity index (χ4n) is 2.79. The van der Waals surface area contributed by atoms with Crippen LogP contribution >= 0.6 is 23.2 Å². The summed E-state index contributed by atoms with van der Waals surface area (Å²) in [5.41, 5.74) is 1.34. The quantitative estimate of drug-likeness (QED) is 0.502. The van der Waals surface area contributed by atoms with E-state index in [1.807, 2.05) is 30.3 Å². The molecule has 0 fully saturated rings. The SMILES string of the molecule is CN(Cc1ccccc1)S(=O)(=O)c1ccc(OCC(=O)Nc2cc(Cl)cc(Cl)c2)cc1. The smallest absolute Gasteiger partial charge is 0.262 e. The Balaban J connectivity index is 1.58. The van der Waals surface area contributed by atoms with Crippen molar-refractivity contribution in [1.82, 2.24) is 4.31 Å². The van der Waals surface area contributed by atoms with E-state index in [1.54, 1.807) is 18.2 Å².